The van der Waals surface area contributed by atoms with Gasteiger partial charge in [-0.05, 0) is 42.8 Å². The summed E-state index contributed by atoms with van der Waals surface area (Å²) in [7, 11) is 0. The van der Waals surface area contributed by atoms with Crippen molar-refractivity contribution in [2.24, 2.45) is 5.10 Å². The fourth-order valence-electron chi connectivity index (χ4n) is 2.07. The molecule has 0 spiro atoms. The molecule has 0 unspecified atom stereocenters. The third kappa shape index (κ3) is 2.96. The van der Waals surface area contributed by atoms with Crippen molar-refractivity contribution in [1.29, 1.82) is 0 Å². The van der Waals surface area contributed by atoms with Crippen molar-refractivity contribution in [1.82, 2.24) is 9.66 Å². The van der Waals surface area contributed by atoms with Crippen LogP contribution < -0.4 is 5.56 Å². The highest BCUT2D eigenvalue weighted by Gasteiger charge is 2.07. The summed E-state index contributed by atoms with van der Waals surface area (Å²) in [5, 5.41) is 5.19. The van der Waals surface area contributed by atoms with Gasteiger partial charge in [-0.25, -0.2) is 4.98 Å². The van der Waals surface area contributed by atoms with Gasteiger partial charge < -0.3 is 0 Å². The van der Waals surface area contributed by atoms with Crippen LogP contribution in [-0.4, -0.2) is 15.9 Å². The van der Waals surface area contributed by atoms with E-state index in [0.717, 1.165) is 10.0 Å². The number of aryl methyl sites for hydroxylation is 1. The number of aromatic nitrogens is 2. The van der Waals surface area contributed by atoms with Crippen LogP contribution in [0.1, 0.15) is 11.4 Å². The Balaban J connectivity index is 2.10. The third-order valence-electron chi connectivity index (χ3n) is 3.16. The minimum absolute atomic E-state index is 0.238. The van der Waals surface area contributed by atoms with E-state index in [1.165, 1.54) is 4.68 Å². The van der Waals surface area contributed by atoms with Crippen LogP contribution in [-0.2, 0) is 0 Å². The predicted octanol–water partition coefficient (Wildman–Crippen LogP) is 4.00. The van der Waals surface area contributed by atoms with Crippen molar-refractivity contribution in [2.45, 2.75) is 6.92 Å². The van der Waals surface area contributed by atoms with Gasteiger partial charge in [-0.3, -0.25) is 4.79 Å². The maximum absolute atomic E-state index is 12.5. The van der Waals surface area contributed by atoms with Crippen molar-refractivity contribution in [3.05, 3.63) is 73.7 Å². The first kappa shape index (κ1) is 14.9. The van der Waals surface area contributed by atoms with Gasteiger partial charge in [0.25, 0.3) is 5.56 Å². The molecular weight excluding hydrogens is 366 g/mol. The van der Waals surface area contributed by atoms with Gasteiger partial charge in [0, 0.05) is 9.50 Å². The van der Waals surface area contributed by atoms with Crippen molar-refractivity contribution in [2.75, 3.05) is 0 Å². The Morgan fingerprint density at radius 3 is 2.68 bits per heavy atom. The van der Waals surface area contributed by atoms with Crippen LogP contribution >= 0.6 is 27.5 Å². The predicted molar refractivity (Wildman–Crippen MR) is 92.9 cm³/mol. The van der Waals surface area contributed by atoms with Crippen LogP contribution in [0.25, 0.3) is 10.9 Å². The summed E-state index contributed by atoms with van der Waals surface area (Å²) in [6.45, 7) is 1.74. The van der Waals surface area contributed by atoms with E-state index < -0.39 is 0 Å². The van der Waals surface area contributed by atoms with E-state index in [1.54, 1.807) is 31.3 Å². The molecule has 0 atom stereocenters. The second kappa shape index (κ2) is 6.02. The van der Waals surface area contributed by atoms with Gasteiger partial charge >= 0.3 is 0 Å². The molecule has 0 fully saturated rings. The van der Waals surface area contributed by atoms with E-state index in [-0.39, 0.29) is 5.56 Å². The normalized spacial score (nSPS) is 11.4. The summed E-state index contributed by atoms with van der Waals surface area (Å²) in [4.78, 5) is 16.9. The molecule has 1 aromatic heterocycles. The average Bonchev–Trinajstić information content (AvgIpc) is 2.50. The van der Waals surface area contributed by atoms with E-state index in [4.69, 9.17) is 11.6 Å². The number of nitrogens with zero attached hydrogens (tertiary/aromatic N) is 3. The molecule has 0 aliphatic heterocycles. The van der Waals surface area contributed by atoms with E-state index in [9.17, 15) is 4.79 Å². The largest absolute Gasteiger partial charge is 0.282 e. The molecule has 22 heavy (non-hydrogen) atoms. The zero-order chi connectivity index (χ0) is 15.7. The van der Waals surface area contributed by atoms with Gasteiger partial charge in [-0.2, -0.15) is 9.78 Å². The minimum atomic E-state index is -0.238. The second-order valence-corrected chi connectivity index (χ2v) is 6.09. The van der Waals surface area contributed by atoms with E-state index in [0.29, 0.717) is 21.7 Å². The van der Waals surface area contributed by atoms with Crippen molar-refractivity contribution < 1.29 is 0 Å². The molecule has 0 aliphatic carbocycles. The summed E-state index contributed by atoms with van der Waals surface area (Å²) >= 11 is 9.33. The molecule has 4 nitrogen and oxygen atoms in total. The SMILES string of the molecule is Cc1nc2ccc(Cl)cc2c(=O)n1N=Cc1ccc(Br)cc1. The topological polar surface area (TPSA) is 47.2 Å². The molecule has 110 valence electrons. The number of halogens is 2. The number of hydrogen-bond acceptors (Lipinski definition) is 3. The Morgan fingerprint density at radius 1 is 1.23 bits per heavy atom. The fraction of sp³-hybridized carbons (Fsp3) is 0.0625. The summed E-state index contributed by atoms with van der Waals surface area (Å²) in [5.41, 5.74) is 1.26. The third-order valence-corrected chi connectivity index (χ3v) is 3.93. The summed E-state index contributed by atoms with van der Waals surface area (Å²) in [6.07, 6.45) is 1.62. The molecule has 6 heteroatoms. The van der Waals surface area contributed by atoms with Crippen LogP contribution in [0.2, 0.25) is 5.02 Å². The van der Waals surface area contributed by atoms with Crippen molar-refractivity contribution in [3.8, 4) is 0 Å². The number of hydrogen-bond donors (Lipinski definition) is 0. The smallest absolute Gasteiger partial charge is 0.267 e. The molecule has 3 aromatic rings. The van der Waals surface area contributed by atoms with Gasteiger partial charge in [0.15, 0.2) is 0 Å². The molecule has 0 amide bonds. The molecule has 0 saturated carbocycles. The van der Waals surface area contributed by atoms with Crippen molar-refractivity contribution >= 4 is 44.6 Å². The lowest BCUT2D eigenvalue weighted by Crippen LogP contribution is -2.20. The average molecular weight is 377 g/mol. The number of rotatable bonds is 2. The first-order valence-electron chi connectivity index (χ1n) is 6.53. The van der Waals surface area contributed by atoms with Gasteiger partial charge in [0.1, 0.15) is 5.82 Å². The summed E-state index contributed by atoms with van der Waals surface area (Å²) in [5.74, 6) is 0.521. The van der Waals surface area contributed by atoms with Crippen LogP contribution in [0.4, 0.5) is 0 Å². The Hall–Kier alpha value is -1.98. The lowest BCUT2D eigenvalue weighted by molar-refractivity contribution is 0.771. The van der Waals surface area contributed by atoms with E-state index in [2.05, 4.69) is 26.0 Å². The van der Waals surface area contributed by atoms with Gasteiger partial charge in [-0.1, -0.05) is 39.7 Å². The zero-order valence-corrected chi connectivity index (χ0v) is 14.0. The van der Waals surface area contributed by atoms with Gasteiger partial charge in [0.05, 0.1) is 17.1 Å². The van der Waals surface area contributed by atoms with Crippen LogP contribution in [0, 0.1) is 6.92 Å². The highest BCUT2D eigenvalue weighted by molar-refractivity contribution is 9.10. The Morgan fingerprint density at radius 2 is 1.95 bits per heavy atom. The molecule has 0 radical (unpaired) electrons. The Labute approximate surface area is 140 Å². The number of benzene rings is 2. The molecule has 0 N–H and O–H groups in total. The Bertz CT molecular complexity index is 933. The number of fused-ring (bicyclic) bond motifs is 1. The van der Waals surface area contributed by atoms with Crippen LogP contribution in [0.5, 0.6) is 0 Å². The molecule has 1 heterocycles. The molecule has 0 saturated heterocycles. The first-order valence-corrected chi connectivity index (χ1v) is 7.70. The van der Waals surface area contributed by atoms with Gasteiger partial charge in [0.2, 0.25) is 0 Å². The Kier molecular flexibility index (Phi) is 4.09. The molecule has 0 aliphatic rings. The van der Waals surface area contributed by atoms with E-state index in [1.807, 2.05) is 24.3 Å². The standard InChI is InChI=1S/C16H11BrClN3O/c1-10-20-15-7-6-13(18)8-14(15)16(22)21(10)19-9-11-2-4-12(17)5-3-11/h2-9H,1H3. The fourth-order valence-corrected chi connectivity index (χ4v) is 2.51. The molecular formula is C16H11BrClN3O. The molecule has 2 aromatic carbocycles. The lowest BCUT2D eigenvalue weighted by atomic mass is 10.2. The van der Waals surface area contributed by atoms with Crippen molar-refractivity contribution in [3.63, 3.8) is 0 Å². The zero-order valence-electron chi connectivity index (χ0n) is 11.6. The van der Waals surface area contributed by atoms with Gasteiger partial charge in [-0.15, -0.1) is 0 Å². The highest BCUT2D eigenvalue weighted by Crippen LogP contribution is 2.15. The minimum Gasteiger partial charge on any atom is -0.267 e. The van der Waals surface area contributed by atoms with E-state index >= 15 is 0 Å². The maximum atomic E-state index is 12.5. The molecule has 3 rings (SSSR count). The highest BCUT2D eigenvalue weighted by atomic mass is 79.9. The quantitative estimate of drug-likeness (QED) is 0.635. The lowest BCUT2D eigenvalue weighted by Gasteiger charge is -2.05. The molecule has 0 bridgehead atoms. The first-order chi connectivity index (χ1) is 10.5. The summed E-state index contributed by atoms with van der Waals surface area (Å²) in [6, 6.07) is 12.7. The van der Waals surface area contributed by atoms with Crippen LogP contribution in [0.3, 0.4) is 0 Å². The van der Waals surface area contributed by atoms with Crippen LogP contribution in [0.15, 0.2) is 56.8 Å². The maximum Gasteiger partial charge on any atom is 0.282 e. The summed E-state index contributed by atoms with van der Waals surface area (Å²) < 4.78 is 2.26. The monoisotopic (exact) mass is 375 g/mol. The second-order valence-electron chi connectivity index (χ2n) is 4.73.